The predicted octanol–water partition coefficient (Wildman–Crippen LogP) is 16.0. The highest BCUT2D eigenvalue weighted by Crippen LogP contribution is 2.13. The van der Waals surface area contributed by atoms with Crippen molar-refractivity contribution in [2.75, 3.05) is 19.8 Å². The molecule has 0 aliphatic carbocycles. The highest BCUT2D eigenvalue weighted by Gasteiger charge is 2.17. The van der Waals surface area contributed by atoms with E-state index in [0.717, 1.165) is 77.0 Å². The fourth-order valence-corrected chi connectivity index (χ4v) is 6.69. The second kappa shape index (κ2) is 47.2. The SMILES string of the molecule is CCCCC/C=C\C/C=C\C/C=C\CCCCCCCCC(=O)OCC(COCCCCCCCC)OC(=O)CCCCCCC/C=C\CCCCCCCC. The van der Waals surface area contributed by atoms with Crippen LogP contribution < -0.4 is 0 Å². The van der Waals surface area contributed by atoms with Crippen LogP contribution in [0.5, 0.6) is 0 Å². The third-order valence-electron chi connectivity index (χ3n) is 10.3. The van der Waals surface area contributed by atoms with Crippen LogP contribution >= 0.6 is 0 Å². The number of ether oxygens (including phenoxy) is 3. The zero-order chi connectivity index (χ0) is 40.7. The molecule has 0 heterocycles. The molecule has 0 fully saturated rings. The fourth-order valence-electron chi connectivity index (χ4n) is 6.69. The molecule has 0 bridgehead atoms. The Kier molecular flexibility index (Phi) is 45.4. The topological polar surface area (TPSA) is 61.8 Å². The molecule has 0 rings (SSSR count). The van der Waals surface area contributed by atoms with Gasteiger partial charge >= 0.3 is 11.9 Å². The van der Waals surface area contributed by atoms with Crippen LogP contribution in [0.3, 0.4) is 0 Å². The Bertz CT molecular complexity index is 935. The fraction of sp³-hybridized carbons (Fsp3) is 0.804. The molecule has 5 heteroatoms. The van der Waals surface area contributed by atoms with Crippen LogP contribution in [-0.2, 0) is 23.8 Å². The molecule has 0 amide bonds. The van der Waals surface area contributed by atoms with Gasteiger partial charge in [-0.3, -0.25) is 9.59 Å². The summed E-state index contributed by atoms with van der Waals surface area (Å²) in [6.45, 7) is 7.75. The molecule has 1 atom stereocenters. The zero-order valence-electron chi connectivity index (χ0n) is 37.4. The van der Waals surface area contributed by atoms with Crippen LogP contribution in [0.4, 0.5) is 0 Å². The molecule has 0 N–H and O–H groups in total. The molecule has 0 aliphatic rings. The lowest BCUT2D eigenvalue weighted by Gasteiger charge is -2.18. The van der Waals surface area contributed by atoms with Crippen molar-refractivity contribution in [2.24, 2.45) is 0 Å². The van der Waals surface area contributed by atoms with Gasteiger partial charge in [-0.25, -0.2) is 0 Å². The van der Waals surface area contributed by atoms with Gasteiger partial charge in [-0.1, -0.05) is 191 Å². The summed E-state index contributed by atoms with van der Waals surface area (Å²) in [5, 5.41) is 0. The van der Waals surface area contributed by atoms with Gasteiger partial charge in [-0.05, 0) is 83.5 Å². The van der Waals surface area contributed by atoms with Crippen molar-refractivity contribution in [1.29, 1.82) is 0 Å². The Morgan fingerprint density at radius 1 is 0.393 bits per heavy atom. The van der Waals surface area contributed by atoms with Crippen molar-refractivity contribution in [2.45, 2.75) is 245 Å². The monoisotopic (exact) mass is 785 g/mol. The predicted molar refractivity (Wildman–Crippen MR) is 242 cm³/mol. The van der Waals surface area contributed by atoms with Gasteiger partial charge in [-0.2, -0.15) is 0 Å². The number of unbranched alkanes of at least 4 members (excludes halogenated alkanes) is 25. The first-order valence-corrected chi connectivity index (χ1v) is 24.2. The first-order valence-electron chi connectivity index (χ1n) is 24.2. The Hall–Kier alpha value is -2.14. The van der Waals surface area contributed by atoms with Gasteiger partial charge < -0.3 is 14.2 Å². The van der Waals surface area contributed by atoms with E-state index in [1.54, 1.807) is 0 Å². The lowest BCUT2D eigenvalue weighted by atomic mass is 10.1. The Morgan fingerprint density at radius 3 is 1.25 bits per heavy atom. The molecule has 56 heavy (non-hydrogen) atoms. The number of esters is 2. The van der Waals surface area contributed by atoms with E-state index in [1.807, 2.05) is 0 Å². The number of hydrogen-bond acceptors (Lipinski definition) is 5. The average Bonchev–Trinajstić information content (AvgIpc) is 3.20. The summed E-state index contributed by atoms with van der Waals surface area (Å²) in [5.41, 5.74) is 0. The second-order valence-electron chi connectivity index (χ2n) is 16.0. The largest absolute Gasteiger partial charge is 0.462 e. The molecule has 0 radical (unpaired) electrons. The van der Waals surface area contributed by atoms with E-state index in [9.17, 15) is 9.59 Å². The third-order valence-corrected chi connectivity index (χ3v) is 10.3. The van der Waals surface area contributed by atoms with Gasteiger partial charge in [-0.15, -0.1) is 0 Å². The first-order chi connectivity index (χ1) is 27.6. The molecule has 326 valence electrons. The molecule has 1 unspecified atom stereocenters. The van der Waals surface area contributed by atoms with Gasteiger partial charge in [0.05, 0.1) is 6.61 Å². The highest BCUT2D eigenvalue weighted by atomic mass is 16.6. The summed E-state index contributed by atoms with van der Waals surface area (Å²) in [5.74, 6) is -0.419. The average molecular weight is 785 g/mol. The summed E-state index contributed by atoms with van der Waals surface area (Å²) in [4.78, 5) is 25.2. The van der Waals surface area contributed by atoms with Gasteiger partial charge in [0, 0.05) is 19.4 Å². The zero-order valence-corrected chi connectivity index (χ0v) is 37.4. The lowest BCUT2D eigenvalue weighted by Crippen LogP contribution is -2.30. The molecule has 0 aromatic rings. The smallest absolute Gasteiger partial charge is 0.306 e. The van der Waals surface area contributed by atoms with Crippen LogP contribution in [0.25, 0.3) is 0 Å². The van der Waals surface area contributed by atoms with Gasteiger partial charge in [0.2, 0.25) is 0 Å². The molecule has 0 saturated heterocycles. The quantitative estimate of drug-likeness (QED) is 0.0350. The summed E-state index contributed by atoms with van der Waals surface area (Å²) in [7, 11) is 0. The Labute approximate surface area is 348 Å². The van der Waals surface area contributed by atoms with Crippen molar-refractivity contribution >= 4 is 11.9 Å². The summed E-state index contributed by atoms with van der Waals surface area (Å²) < 4.78 is 17.2. The van der Waals surface area contributed by atoms with Gasteiger partial charge in [0.1, 0.15) is 6.61 Å². The molecule has 5 nitrogen and oxygen atoms in total. The third kappa shape index (κ3) is 44.6. The highest BCUT2D eigenvalue weighted by molar-refractivity contribution is 5.70. The minimum atomic E-state index is -0.540. The van der Waals surface area contributed by atoms with E-state index in [0.29, 0.717) is 19.4 Å². The minimum Gasteiger partial charge on any atom is -0.462 e. The lowest BCUT2D eigenvalue weighted by molar-refractivity contribution is -0.163. The normalized spacial score (nSPS) is 12.6. The number of carbonyl (C=O) groups excluding carboxylic acids is 2. The Balaban J connectivity index is 4.12. The number of carbonyl (C=O) groups is 2. The summed E-state index contributed by atoms with van der Waals surface area (Å²) in [6.07, 6.45) is 56.9. The van der Waals surface area contributed by atoms with Crippen LogP contribution in [0.2, 0.25) is 0 Å². The van der Waals surface area contributed by atoms with Crippen molar-refractivity contribution in [1.82, 2.24) is 0 Å². The molecule has 0 saturated carbocycles. The molecule has 0 aliphatic heterocycles. The van der Waals surface area contributed by atoms with E-state index in [-0.39, 0.29) is 25.2 Å². The Morgan fingerprint density at radius 2 is 0.750 bits per heavy atom. The maximum Gasteiger partial charge on any atom is 0.306 e. The van der Waals surface area contributed by atoms with Crippen LogP contribution in [0.15, 0.2) is 48.6 Å². The first kappa shape index (κ1) is 53.9. The van der Waals surface area contributed by atoms with Crippen molar-refractivity contribution in [3.05, 3.63) is 48.6 Å². The minimum absolute atomic E-state index is 0.0763. The standard InChI is InChI=1S/C51H92O5/c1-4-7-10-13-16-18-20-22-24-25-26-27-29-30-32-34-36-38-41-44-50(52)55-48-49(47-54-46-43-40-15-12-9-6-3)56-51(53)45-42-39-37-35-33-31-28-23-21-19-17-14-11-8-5-2/h16,18,22-24,26-28,49H,4-15,17,19-21,25,29-48H2,1-3H3/b18-16-,24-22-,27-26-,28-23-. The van der Waals surface area contributed by atoms with Crippen molar-refractivity contribution < 1.29 is 23.8 Å². The molecule has 0 aromatic carbocycles. The van der Waals surface area contributed by atoms with E-state index in [4.69, 9.17) is 14.2 Å². The van der Waals surface area contributed by atoms with Crippen LogP contribution in [0, 0.1) is 0 Å². The molecule has 0 aromatic heterocycles. The maximum absolute atomic E-state index is 12.7. The van der Waals surface area contributed by atoms with Crippen LogP contribution in [-0.4, -0.2) is 37.9 Å². The number of hydrogen-bond donors (Lipinski definition) is 0. The van der Waals surface area contributed by atoms with E-state index in [1.165, 1.54) is 128 Å². The molecular weight excluding hydrogens is 693 g/mol. The summed E-state index contributed by atoms with van der Waals surface area (Å²) in [6, 6.07) is 0. The second-order valence-corrected chi connectivity index (χ2v) is 16.0. The molecule has 0 spiro atoms. The summed E-state index contributed by atoms with van der Waals surface area (Å²) >= 11 is 0. The van der Waals surface area contributed by atoms with Gasteiger partial charge in [0.25, 0.3) is 0 Å². The van der Waals surface area contributed by atoms with E-state index >= 15 is 0 Å². The van der Waals surface area contributed by atoms with E-state index in [2.05, 4.69) is 69.4 Å². The number of allylic oxidation sites excluding steroid dienone is 8. The van der Waals surface area contributed by atoms with E-state index < -0.39 is 6.10 Å². The molecular formula is C51H92O5. The van der Waals surface area contributed by atoms with Crippen molar-refractivity contribution in [3.8, 4) is 0 Å². The number of rotatable bonds is 44. The van der Waals surface area contributed by atoms with Crippen LogP contribution in [0.1, 0.15) is 239 Å². The van der Waals surface area contributed by atoms with Gasteiger partial charge in [0.15, 0.2) is 6.10 Å². The maximum atomic E-state index is 12.7. The van der Waals surface area contributed by atoms with Crippen molar-refractivity contribution in [3.63, 3.8) is 0 Å².